The minimum atomic E-state index is -0.925. The third-order valence-electron chi connectivity index (χ3n) is 1.85. The van der Waals surface area contributed by atoms with Crippen LogP contribution in [-0.2, 0) is 0 Å². The summed E-state index contributed by atoms with van der Waals surface area (Å²) in [5.41, 5.74) is 0.281. The average molecular weight is 289 g/mol. The van der Waals surface area contributed by atoms with Crippen LogP contribution in [0.5, 0.6) is 0 Å². The second-order valence-electron chi connectivity index (χ2n) is 2.73. The quantitative estimate of drug-likeness (QED) is 0.786. The zero-order valence-corrected chi connectivity index (χ0v) is 10.1. The van der Waals surface area contributed by atoms with Crippen molar-refractivity contribution in [3.63, 3.8) is 0 Å². The zero-order chi connectivity index (χ0) is 10.3. The SMILES string of the molecule is O=C(O)c1ccc2sc(S)cc2c1Br. The molecule has 1 aromatic heterocycles. The van der Waals surface area contributed by atoms with Crippen LogP contribution in [0, 0.1) is 0 Å². The molecule has 0 aliphatic heterocycles. The van der Waals surface area contributed by atoms with Crippen molar-refractivity contribution in [2.24, 2.45) is 0 Å². The summed E-state index contributed by atoms with van der Waals surface area (Å²) in [5, 5.41) is 9.79. The molecule has 72 valence electrons. The lowest BCUT2D eigenvalue weighted by molar-refractivity contribution is 0.0696. The highest BCUT2D eigenvalue weighted by Gasteiger charge is 2.12. The van der Waals surface area contributed by atoms with Gasteiger partial charge in [0, 0.05) is 14.6 Å². The van der Waals surface area contributed by atoms with Crippen LogP contribution in [0.3, 0.4) is 0 Å². The Hall–Kier alpha value is -0.520. The predicted octanol–water partition coefficient (Wildman–Crippen LogP) is 3.65. The van der Waals surface area contributed by atoms with Crippen LogP contribution in [0.4, 0.5) is 0 Å². The molecular formula is C9H5BrO2S2. The van der Waals surface area contributed by atoms with Gasteiger partial charge in [-0.05, 0) is 34.1 Å². The molecule has 14 heavy (non-hydrogen) atoms. The fourth-order valence-corrected chi connectivity index (χ4v) is 3.22. The number of fused-ring (bicyclic) bond motifs is 1. The van der Waals surface area contributed by atoms with Gasteiger partial charge < -0.3 is 5.11 Å². The monoisotopic (exact) mass is 288 g/mol. The smallest absolute Gasteiger partial charge is 0.336 e. The van der Waals surface area contributed by atoms with Crippen molar-refractivity contribution >= 4 is 56.0 Å². The first-order chi connectivity index (χ1) is 6.59. The highest BCUT2D eigenvalue weighted by atomic mass is 79.9. The van der Waals surface area contributed by atoms with Gasteiger partial charge >= 0.3 is 5.97 Å². The number of aromatic carboxylic acids is 1. The molecule has 0 spiro atoms. The number of carboxylic acid groups (broad SMARTS) is 1. The highest BCUT2D eigenvalue weighted by molar-refractivity contribution is 9.10. The third kappa shape index (κ3) is 1.55. The molecule has 0 saturated heterocycles. The molecule has 2 rings (SSSR count). The van der Waals surface area contributed by atoms with E-state index in [1.165, 1.54) is 11.3 Å². The highest BCUT2D eigenvalue weighted by Crippen LogP contribution is 2.35. The number of hydrogen-bond acceptors (Lipinski definition) is 3. The van der Waals surface area contributed by atoms with E-state index in [1.807, 2.05) is 6.07 Å². The minimum absolute atomic E-state index is 0.281. The van der Waals surface area contributed by atoms with Crippen LogP contribution < -0.4 is 0 Å². The van der Waals surface area contributed by atoms with Crippen molar-refractivity contribution in [2.45, 2.75) is 4.21 Å². The van der Waals surface area contributed by atoms with Crippen molar-refractivity contribution in [3.8, 4) is 0 Å². The van der Waals surface area contributed by atoms with Crippen molar-refractivity contribution < 1.29 is 9.90 Å². The topological polar surface area (TPSA) is 37.3 Å². The van der Waals surface area contributed by atoms with Gasteiger partial charge in [-0.15, -0.1) is 24.0 Å². The number of halogens is 1. The molecule has 0 saturated carbocycles. The Morgan fingerprint density at radius 1 is 1.50 bits per heavy atom. The first-order valence-electron chi connectivity index (χ1n) is 3.74. The summed E-state index contributed by atoms with van der Waals surface area (Å²) in [6, 6.07) is 5.26. The number of carbonyl (C=O) groups is 1. The number of rotatable bonds is 1. The van der Waals surface area contributed by atoms with Crippen LogP contribution >= 0.6 is 39.9 Å². The molecule has 0 aliphatic carbocycles. The second-order valence-corrected chi connectivity index (χ2v) is 5.39. The largest absolute Gasteiger partial charge is 0.478 e. The molecule has 0 aliphatic rings. The molecule has 5 heteroatoms. The zero-order valence-electron chi connectivity index (χ0n) is 6.82. The van der Waals surface area contributed by atoms with E-state index in [0.717, 1.165) is 14.3 Å². The first kappa shape index (κ1) is 10.0. The Bertz CT molecular complexity index is 519. The van der Waals surface area contributed by atoms with E-state index < -0.39 is 5.97 Å². The summed E-state index contributed by atoms with van der Waals surface area (Å²) in [6.45, 7) is 0. The average Bonchev–Trinajstić information content (AvgIpc) is 2.46. The van der Waals surface area contributed by atoms with Gasteiger partial charge in [0.15, 0.2) is 0 Å². The van der Waals surface area contributed by atoms with E-state index in [1.54, 1.807) is 12.1 Å². The molecule has 0 bridgehead atoms. The van der Waals surface area contributed by atoms with Crippen LogP contribution in [0.25, 0.3) is 10.1 Å². The van der Waals surface area contributed by atoms with Crippen LogP contribution in [-0.4, -0.2) is 11.1 Å². The van der Waals surface area contributed by atoms with Crippen LogP contribution in [0.1, 0.15) is 10.4 Å². The van der Waals surface area contributed by atoms with Gasteiger partial charge in [-0.2, -0.15) is 0 Å². The molecule has 0 amide bonds. The van der Waals surface area contributed by atoms with Crippen LogP contribution in [0.2, 0.25) is 0 Å². The molecule has 1 aromatic carbocycles. The number of thiophene rings is 1. The lowest BCUT2D eigenvalue weighted by atomic mass is 10.2. The maximum Gasteiger partial charge on any atom is 0.336 e. The van der Waals surface area contributed by atoms with Crippen LogP contribution in [0.15, 0.2) is 26.9 Å². The third-order valence-corrected chi connectivity index (χ3v) is 4.01. The van der Waals surface area contributed by atoms with E-state index in [9.17, 15) is 4.79 Å². The number of hydrogen-bond donors (Lipinski definition) is 2. The van der Waals surface area contributed by atoms with E-state index in [2.05, 4.69) is 28.6 Å². The Kier molecular flexibility index (Phi) is 2.55. The fourth-order valence-electron chi connectivity index (χ4n) is 1.23. The lowest BCUT2D eigenvalue weighted by Gasteiger charge is -1.99. The Balaban J connectivity index is 2.80. The van der Waals surface area contributed by atoms with Gasteiger partial charge in [-0.1, -0.05) is 0 Å². The van der Waals surface area contributed by atoms with Gasteiger partial charge in [0.2, 0.25) is 0 Å². The van der Waals surface area contributed by atoms with Gasteiger partial charge in [-0.3, -0.25) is 0 Å². The molecular weight excluding hydrogens is 284 g/mol. The van der Waals surface area contributed by atoms with Gasteiger partial charge in [0.1, 0.15) is 0 Å². The Morgan fingerprint density at radius 3 is 2.86 bits per heavy atom. The summed E-state index contributed by atoms with van der Waals surface area (Å²) >= 11 is 9.04. The summed E-state index contributed by atoms with van der Waals surface area (Å²) in [6.07, 6.45) is 0. The number of carboxylic acids is 1. The van der Waals surface area contributed by atoms with E-state index in [0.29, 0.717) is 4.47 Å². The summed E-state index contributed by atoms with van der Waals surface area (Å²) < 4.78 is 2.54. The molecule has 2 nitrogen and oxygen atoms in total. The number of benzene rings is 1. The standard InChI is InChI=1S/C9H5BrO2S2/c10-8-4(9(11)12)1-2-6-5(8)3-7(13)14-6/h1-3,13H,(H,11,12). The van der Waals surface area contributed by atoms with Gasteiger partial charge in [0.05, 0.1) is 9.77 Å². The van der Waals surface area contributed by atoms with E-state index >= 15 is 0 Å². The lowest BCUT2D eigenvalue weighted by Crippen LogP contribution is -1.96. The van der Waals surface area contributed by atoms with Crippen molar-refractivity contribution in [1.82, 2.24) is 0 Å². The molecule has 0 fully saturated rings. The predicted molar refractivity (Wildman–Crippen MR) is 63.7 cm³/mol. The maximum atomic E-state index is 10.8. The van der Waals surface area contributed by atoms with E-state index in [-0.39, 0.29) is 5.56 Å². The summed E-state index contributed by atoms with van der Waals surface area (Å²) in [4.78, 5) is 10.8. The van der Waals surface area contributed by atoms with Crippen molar-refractivity contribution in [1.29, 1.82) is 0 Å². The normalized spacial score (nSPS) is 10.7. The second kappa shape index (κ2) is 3.56. The van der Waals surface area contributed by atoms with Gasteiger partial charge in [-0.25, -0.2) is 4.79 Å². The molecule has 2 aromatic rings. The first-order valence-corrected chi connectivity index (χ1v) is 5.79. The minimum Gasteiger partial charge on any atom is -0.478 e. The Morgan fingerprint density at radius 2 is 2.21 bits per heavy atom. The molecule has 1 N–H and O–H groups in total. The molecule has 0 radical (unpaired) electrons. The van der Waals surface area contributed by atoms with E-state index in [4.69, 9.17) is 5.11 Å². The molecule has 0 unspecified atom stereocenters. The summed E-state index contributed by atoms with van der Waals surface area (Å²) in [5.74, 6) is -0.925. The molecule has 0 atom stereocenters. The fraction of sp³-hybridized carbons (Fsp3) is 0. The van der Waals surface area contributed by atoms with Crippen molar-refractivity contribution in [2.75, 3.05) is 0 Å². The maximum absolute atomic E-state index is 10.8. The summed E-state index contributed by atoms with van der Waals surface area (Å²) in [7, 11) is 0. The number of thiol groups is 1. The van der Waals surface area contributed by atoms with Crippen molar-refractivity contribution in [3.05, 3.63) is 28.2 Å². The molecule has 1 heterocycles. The van der Waals surface area contributed by atoms with Gasteiger partial charge in [0.25, 0.3) is 0 Å². The Labute approximate surface area is 98.1 Å².